The maximum Gasteiger partial charge on any atom is 0.271 e. The molecule has 0 fully saturated rings. The lowest BCUT2D eigenvalue weighted by Gasteiger charge is -2.11. The second-order valence-corrected chi connectivity index (χ2v) is 9.66. The van der Waals surface area contributed by atoms with Gasteiger partial charge in [0.2, 0.25) is 0 Å². The van der Waals surface area contributed by atoms with Gasteiger partial charge in [0.25, 0.3) is 15.9 Å². The number of amides is 1. The van der Waals surface area contributed by atoms with Gasteiger partial charge in [0.15, 0.2) is 0 Å². The predicted octanol–water partition coefficient (Wildman–Crippen LogP) is 4.91. The molecule has 0 atom stereocenters. The number of carbonyl (C=O) groups excluding carboxylic acids is 1. The van der Waals surface area contributed by atoms with Gasteiger partial charge >= 0.3 is 0 Å². The Morgan fingerprint density at radius 1 is 1.04 bits per heavy atom. The molecule has 1 amide bonds. The van der Waals surface area contributed by atoms with Crippen molar-refractivity contribution in [3.8, 4) is 0 Å². The Bertz CT molecular complexity index is 1010. The van der Waals surface area contributed by atoms with Gasteiger partial charge in [0, 0.05) is 16.1 Å². The van der Waals surface area contributed by atoms with E-state index < -0.39 is 10.0 Å². The fraction of sp³-hybridized carbons (Fsp3) is 0.105. The van der Waals surface area contributed by atoms with Crippen LogP contribution in [0.4, 0.5) is 11.4 Å². The van der Waals surface area contributed by atoms with Crippen LogP contribution >= 0.6 is 23.1 Å². The van der Waals surface area contributed by atoms with Gasteiger partial charge in [-0.25, -0.2) is 8.42 Å². The molecule has 3 aromatic rings. The minimum atomic E-state index is -3.60. The Hall–Kier alpha value is -2.29. The molecule has 27 heavy (non-hydrogen) atoms. The van der Waals surface area contributed by atoms with Gasteiger partial charge in [-0.05, 0) is 53.6 Å². The first-order valence-corrected chi connectivity index (χ1v) is 11.5. The van der Waals surface area contributed by atoms with Gasteiger partial charge in [-0.1, -0.05) is 25.1 Å². The summed E-state index contributed by atoms with van der Waals surface area (Å²) in [6.45, 7) is 2.05. The van der Waals surface area contributed by atoms with E-state index in [-0.39, 0.29) is 10.1 Å². The number of hydrogen-bond acceptors (Lipinski definition) is 5. The van der Waals surface area contributed by atoms with Crippen molar-refractivity contribution in [2.24, 2.45) is 0 Å². The quantitative estimate of drug-likeness (QED) is 0.535. The number of sulfonamides is 1. The smallest absolute Gasteiger partial charge is 0.271 e. The Kier molecular flexibility index (Phi) is 6.20. The summed E-state index contributed by atoms with van der Waals surface area (Å²) < 4.78 is 27.2. The molecule has 0 saturated heterocycles. The van der Waals surface area contributed by atoms with Crippen LogP contribution in [0, 0.1) is 0 Å². The zero-order chi connectivity index (χ0) is 19.3. The number of benzene rings is 2. The molecule has 1 heterocycles. The Labute approximate surface area is 166 Å². The van der Waals surface area contributed by atoms with E-state index in [1.807, 2.05) is 24.3 Å². The third-order valence-corrected chi connectivity index (χ3v) is 7.33. The molecule has 0 saturated carbocycles. The van der Waals surface area contributed by atoms with E-state index in [1.54, 1.807) is 53.5 Å². The molecule has 1 aromatic heterocycles. The van der Waals surface area contributed by atoms with Gasteiger partial charge < -0.3 is 5.32 Å². The van der Waals surface area contributed by atoms with Crippen LogP contribution in [0.3, 0.4) is 0 Å². The van der Waals surface area contributed by atoms with E-state index >= 15 is 0 Å². The topological polar surface area (TPSA) is 75.3 Å². The van der Waals surface area contributed by atoms with E-state index in [9.17, 15) is 13.2 Å². The molecule has 3 rings (SSSR count). The average Bonchev–Trinajstić information content (AvgIpc) is 3.20. The van der Waals surface area contributed by atoms with Crippen LogP contribution in [-0.2, 0) is 10.0 Å². The molecule has 0 aliphatic rings. The number of anilines is 2. The third kappa shape index (κ3) is 4.91. The van der Waals surface area contributed by atoms with E-state index in [0.717, 1.165) is 27.7 Å². The highest BCUT2D eigenvalue weighted by Crippen LogP contribution is 2.27. The number of hydrogen-bond donors (Lipinski definition) is 2. The molecule has 8 heteroatoms. The average molecular weight is 419 g/mol. The molecule has 0 bridgehead atoms. The Morgan fingerprint density at radius 3 is 2.44 bits per heavy atom. The second kappa shape index (κ2) is 8.60. The minimum Gasteiger partial charge on any atom is -0.321 e. The predicted molar refractivity (Wildman–Crippen MR) is 112 cm³/mol. The van der Waals surface area contributed by atoms with Crippen molar-refractivity contribution in [1.29, 1.82) is 0 Å². The standard InChI is InChI=1S/C19H18N2O3S3/c1-2-25-17-7-4-3-6-16(17)20-19(22)14-9-11-15(12-10-14)21-27(23,24)18-8-5-13-26-18/h3-13,21H,2H2,1H3,(H,20,22). The maximum absolute atomic E-state index is 12.5. The van der Waals surface area contributed by atoms with E-state index in [1.165, 1.54) is 0 Å². The lowest BCUT2D eigenvalue weighted by molar-refractivity contribution is 0.102. The zero-order valence-electron chi connectivity index (χ0n) is 14.5. The van der Waals surface area contributed by atoms with Crippen LogP contribution in [0.1, 0.15) is 17.3 Å². The summed E-state index contributed by atoms with van der Waals surface area (Å²) in [6.07, 6.45) is 0. The van der Waals surface area contributed by atoms with Gasteiger partial charge in [-0.2, -0.15) is 0 Å². The molecular weight excluding hydrogens is 400 g/mol. The van der Waals surface area contributed by atoms with Crippen LogP contribution in [0.15, 0.2) is 75.1 Å². The van der Waals surface area contributed by atoms with Crippen molar-refractivity contribution in [2.45, 2.75) is 16.0 Å². The highest BCUT2D eigenvalue weighted by Gasteiger charge is 2.15. The first-order chi connectivity index (χ1) is 13.0. The van der Waals surface area contributed by atoms with Crippen molar-refractivity contribution < 1.29 is 13.2 Å². The minimum absolute atomic E-state index is 0.244. The summed E-state index contributed by atoms with van der Waals surface area (Å²) in [6, 6.07) is 17.2. The van der Waals surface area contributed by atoms with Crippen molar-refractivity contribution in [3.63, 3.8) is 0 Å². The van der Waals surface area contributed by atoms with Crippen LogP contribution in [-0.4, -0.2) is 20.1 Å². The molecule has 5 nitrogen and oxygen atoms in total. The van der Waals surface area contributed by atoms with E-state index in [0.29, 0.717) is 11.3 Å². The van der Waals surface area contributed by atoms with Crippen LogP contribution in [0.5, 0.6) is 0 Å². The first-order valence-electron chi connectivity index (χ1n) is 8.19. The normalized spacial score (nSPS) is 11.1. The number of rotatable bonds is 7. The van der Waals surface area contributed by atoms with Crippen LogP contribution < -0.4 is 10.0 Å². The molecule has 0 aliphatic carbocycles. The number of carbonyl (C=O) groups is 1. The van der Waals surface area contributed by atoms with Gasteiger partial charge in [-0.3, -0.25) is 9.52 Å². The second-order valence-electron chi connectivity index (χ2n) is 5.50. The molecule has 0 unspecified atom stereocenters. The summed E-state index contributed by atoms with van der Waals surface area (Å²) in [5.41, 5.74) is 1.61. The van der Waals surface area contributed by atoms with E-state index in [2.05, 4.69) is 17.0 Å². The van der Waals surface area contributed by atoms with Crippen molar-refractivity contribution in [3.05, 3.63) is 71.6 Å². The van der Waals surface area contributed by atoms with Gasteiger partial charge in [0.05, 0.1) is 5.69 Å². The number of thioether (sulfide) groups is 1. The van der Waals surface area contributed by atoms with Crippen molar-refractivity contribution >= 4 is 50.4 Å². The van der Waals surface area contributed by atoms with E-state index in [4.69, 9.17) is 0 Å². The Morgan fingerprint density at radius 2 is 1.78 bits per heavy atom. The fourth-order valence-corrected chi connectivity index (χ4v) is 5.17. The van der Waals surface area contributed by atoms with Crippen molar-refractivity contribution in [1.82, 2.24) is 0 Å². The monoisotopic (exact) mass is 418 g/mol. The zero-order valence-corrected chi connectivity index (χ0v) is 17.0. The highest BCUT2D eigenvalue weighted by atomic mass is 32.2. The summed E-state index contributed by atoms with van der Waals surface area (Å²) >= 11 is 2.80. The number of para-hydroxylation sites is 1. The number of thiophene rings is 1. The molecule has 2 aromatic carbocycles. The molecule has 140 valence electrons. The largest absolute Gasteiger partial charge is 0.321 e. The molecule has 0 radical (unpaired) electrons. The maximum atomic E-state index is 12.5. The molecule has 0 aliphatic heterocycles. The Balaban J connectivity index is 1.71. The van der Waals surface area contributed by atoms with Crippen LogP contribution in [0.2, 0.25) is 0 Å². The van der Waals surface area contributed by atoms with Gasteiger partial charge in [0.1, 0.15) is 4.21 Å². The number of nitrogens with one attached hydrogen (secondary N) is 2. The van der Waals surface area contributed by atoms with Gasteiger partial charge in [-0.15, -0.1) is 23.1 Å². The first kappa shape index (κ1) is 19.5. The summed E-state index contributed by atoms with van der Waals surface area (Å²) in [5.74, 6) is 0.665. The molecule has 2 N–H and O–H groups in total. The lowest BCUT2D eigenvalue weighted by Crippen LogP contribution is -2.14. The highest BCUT2D eigenvalue weighted by molar-refractivity contribution is 7.99. The lowest BCUT2D eigenvalue weighted by atomic mass is 10.2. The van der Waals surface area contributed by atoms with Crippen LogP contribution in [0.25, 0.3) is 0 Å². The summed E-state index contributed by atoms with van der Waals surface area (Å²) in [4.78, 5) is 13.5. The SMILES string of the molecule is CCSc1ccccc1NC(=O)c1ccc(NS(=O)(=O)c2cccs2)cc1. The van der Waals surface area contributed by atoms with Crippen molar-refractivity contribution in [2.75, 3.05) is 15.8 Å². The third-order valence-electron chi connectivity index (χ3n) is 3.59. The molecular formula is C19H18N2O3S3. The summed E-state index contributed by atoms with van der Waals surface area (Å²) in [7, 11) is -3.60. The summed E-state index contributed by atoms with van der Waals surface area (Å²) in [5, 5.41) is 4.61. The molecule has 0 spiro atoms. The fourth-order valence-electron chi connectivity index (χ4n) is 2.36.